The Morgan fingerprint density at radius 3 is 2.59 bits per heavy atom. The number of aromatic nitrogens is 1. The fourth-order valence-corrected chi connectivity index (χ4v) is 3.28. The molecule has 110 valence electrons. The fraction of sp³-hybridized carbons (Fsp3) is 0.118. The molecule has 1 aromatic heterocycles. The number of nitrogens with one attached hydrogen (secondary N) is 1. The monoisotopic (exact) mass is 330 g/mol. The summed E-state index contributed by atoms with van der Waals surface area (Å²) < 4.78 is 5.84. The highest BCUT2D eigenvalue weighted by Gasteiger charge is 2.22. The molecule has 0 radical (unpaired) electrons. The summed E-state index contributed by atoms with van der Waals surface area (Å²) in [6, 6.07) is 14.0. The van der Waals surface area contributed by atoms with Gasteiger partial charge < -0.3 is 9.73 Å². The van der Waals surface area contributed by atoms with Gasteiger partial charge in [0.15, 0.2) is 0 Å². The van der Waals surface area contributed by atoms with Gasteiger partial charge in [0, 0.05) is 27.7 Å². The Morgan fingerprint density at radius 2 is 1.77 bits per heavy atom. The average Bonchev–Trinajstić information content (AvgIpc) is 2.89. The first kappa shape index (κ1) is 13.7. The highest BCUT2D eigenvalue weighted by atomic mass is 35.5. The molecule has 0 fully saturated rings. The maximum Gasteiger partial charge on any atom is 0.299 e. The molecule has 2 aromatic carbocycles. The van der Waals surface area contributed by atoms with Crippen molar-refractivity contribution in [2.45, 2.75) is 12.8 Å². The van der Waals surface area contributed by atoms with E-state index in [-0.39, 0.29) is 0 Å². The number of benzene rings is 2. The highest BCUT2D eigenvalue weighted by molar-refractivity contribution is 6.35. The van der Waals surface area contributed by atoms with Crippen molar-refractivity contribution in [3.8, 4) is 11.3 Å². The van der Waals surface area contributed by atoms with Crippen LogP contribution in [0, 0.1) is 0 Å². The van der Waals surface area contributed by atoms with E-state index in [4.69, 9.17) is 27.6 Å². The predicted molar refractivity (Wildman–Crippen MR) is 89.1 cm³/mol. The van der Waals surface area contributed by atoms with Gasteiger partial charge in [-0.3, -0.25) is 0 Å². The molecule has 0 atom stereocenters. The van der Waals surface area contributed by atoms with Crippen LogP contribution < -0.4 is 5.32 Å². The van der Waals surface area contributed by atoms with E-state index in [2.05, 4.69) is 28.5 Å². The normalized spacial score (nSPS) is 12.6. The molecule has 1 aliphatic carbocycles. The SMILES string of the molecule is Clc1cc(Cl)cc(Nc2nc3c(o2)CCc2ccccc2-3)c1. The van der Waals surface area contributed by atoms with Crippen molar-refractivity contribution in [2.24, 2.45) is 0 Å². The maximum absolute atomic E-state index is 6.01. The molecular weight excluding hydrogens is 319 g/mol. The first-order chi connectivity index (χ1) is 10.7. The summed E-state index contributed by atoms with van der Waals surface area (Å²) in [6.45, 7) is 0. The molecule has 5 heteroatoms. The first-order valence-corrected chi connectivity index (χ1v) is 7.76. The lowest BCUT2D eigenvalue weighted by molar-refractivity contribution is 0.518. The zero-order valence-corrected chi connectivity index (χ0v) is 13.1. The minimum Gasteiger partial charge on any atom is -0.428 e. The lowest BCUT2D eigenvalue weighted by atomic mass is 9.93. The summed E-state index contributed by atoms with van der Waals surface area (Å²) >= 11 is 12.0. The van der Waals surface area contributed by atoms with Crippen LogP contribution in [0.1, 0.15) is 11.3 Å². The van der Waals surface area contributed by atoms with Crippen molar-refractivity contribution in [1.29, 1.82) is 0 Å². The standard InChI is InChI=1S/C17H12Cl2N2O/c18-11-7-12(19)9-13(8-11)20-17-21-16-14-4-2-1-3-10(14)5-6-15(16)22-17/h1-4,7-9H,5-6H2,(H,20,21). The van der Waals surface area contributed by atoms with Crippen LogP contribution in [0.2, 0.25) is 10.0 Å². The number of aryl methyl sites for hydroxylation is 2. The molecule has 4 rings (SSSR count). The molecule has 0 bridgehead atoms. The van der Waals surface area contributed by atoms with Gasteiger partial charge in [-0.25, -0.2) is 0 Å². The van der Waals surface area contributed by atoms with E-state index in [0.717, 1.165) is 35.5 Å². The highest BCUT2D eigenvalue weighted by Crippen LogP contribution is 2.35. The van der Waals surface area contributed by atoms with Gasteiger partial charge in [0.1, 0.15) is 11.5 Å². The number of halogens is 2. The smallest absolute Gasteiger partial charge is 0.299 e. The van der Waals surface area contributed by atoms with Crippen LogP contribution in [-0.4, -0.2) is 4.98 Å². The first-order valence-electron chi connectivity index (χ1n) is 7.00. The number of hydrogen-bond acceptors (Lipinski definition) is 3. The minimum atomic E-state index is 0.458. The number of hydrogen-bond donors (Lipinski definition) is 1. The second-order valence-electron chi connectivity index (χ2n) is 5.23. The van der Waals surface area contributed by atoms with Crippen LogP contribution in [0.25, 0.3) is 11.3 Å². The Balaban J connectivity index is 1.70. The van der Waals surface area contributed by atoms with Crippen LogP contribution in [0.4, 0.5) is 11.7 Å². The van der Waals surface area contributed by atoms with Gasteiger partial charge in [0.25, 0.3) is 6.01 Å². The topological polar surface area (TPSA) is 38.1 Å². The lowest BCUT2D eigenvalue weighted by Gasteiger charge is -2.12. The van der Waals surface area contributed by atoms with Crippen LogP contribution in [0.3, 0.4) is 0 Å². The van der Waals surface area contributed by atoms with Crippen LogP contribution in [0.15, 0.2) is 46.9 Å². The maximum atomic E-state index is 6.01. The van der Waals surface area contributed by atoms with Crippen LogP contribution in [0.5, 0.6) is 0 Å². The predicted octanol–water partition coefficient (Wildman–Crippen LogP) is 5.49. The van der Waals surface area contributed by atoms with Gasteiger partial charge in [0.05, 0.1) is 0 Å². The summed E-state index contributed by atoms with van der Waals surface area (Å²) in [5.74, 6) is 0.911. The molecular formula is C17H12Cl2N2O. The van der Waals surface area contributed by atoms with E-state index in [1.807, 2.05) is 6.07 Å². The average molecular weight is 331 g/mol. The van der Waals surface area contributed by atoms with Crippen molar-refractivity contribution in [1.82, 2.24) is 4.98 Å². The van der Waals surface area contributed by atoms with Crippen LogP contribution in [-0.2, 0) is 12.8 Å². The van der Waals surface area contributed by atoms with Gasteiger partial charge >= 0.3 is 0 Å². The summed E-state index contributed by atoms with van der Waals surface area (Å²) in [7, 11) is 0. The third kappa shape index (κ3) is 2.47. The van der Waals surface area contributed by atoms with Crippen molar-refractivity contribution in [3.05, 3.63) is 63.8 Å². The van der Waals surface area contributed by atoms with E-state index in [1.165, 1.54) is 5.56 Å². The third-order valence-electron chi connectivity index (χ3n) is 3.71. The number of rotatable bonds is 2. The molecule has 0 unspecified atom stereocenters. The van der Waals surface area contributed by atoms with Crippen molar-refractivity contribution in [2.75, 3.05) is 5.32 Å². The molecule has 1 N–H and O–H groups in total. The third-order valence-corrected chi connectivity index (χ3v) is 4.14. The fourth-order valence-electron chi connectivity index (χ4n) is 2.75. The molecule has 1 aliphatic rings. The Kier molecular flexibility index (Phi) is 3.32. The Morgan fingerprint density at radius 1 is 1.00 bits per heavy atom. The van der Waals surface area contributed by atoms with E-state index < -0.39 is 0 Å². The largest absolute Gasteiger partial charge is 0.428 e. The van der Waals surface area contributed by atoms with Gasteiger partial charge in [-0.1, -0.05) is 47.5 Å². The van der Waals surface area contributed by atoms with Gasteiger partial charge in [-0.15, -0.1) is 0 Å². The van der Waals surface area contributed by atoms with E-state index in [0.29, 0.717) is 16.1 Å². The van der Waals surface area contributed by atoms with Crippen molar-refractivity contribution in [3.63, 3.8) is 0 Å². The Labute approximate surface area is 137 Å². The van der Waals surface area contributed by atoms with Gasteiger partial charge in [-0.2, -0.15) is 4.98 Å². The zero-order valence-electron chi connectivity index (χ0n) is 11.6. The number of oxazole rings is 1. The molecule has 3 nitrogen and oxygen atoms in total. The second-order valence-corrected chi connectivity index (χ2v) is 6.10. The van der Waals surface area contributed by atoms with E-state index in [9.17, 15) is 0 Å². The van der Waals surface area contributed by atoms with Crippen LogP contribution >= 0.6 is 23.2 Å². The number of fused-ring (bicyclic) bond motifs is 3. The summed E-state index contributed by atoms with van der Waals surface area (Å²) in [5.41, 5.74) is 4.12. The molecule has 1 heterocycles. The van der Waals surface area contributed by atoms with Crippen molar-refractivity contribution >= 4 is 34.9 Å². The van der Waals surface area contributed by atoms with E-state index in [1.54, 1.807) is 18.2 Å². The number of anilines is 2. The van der Waals surface area contributed by atoms with Gasteiger partial charge in [-0.05, 0) is 30.2 Å². The Hall–Kier alpha value is -1.97. The lowest BCUT2D eigenvalue weighted by Crippen LogP contribution is -2.01. The van der Waals surface area contributed by atoms with Crippen molar-refractivity contribution < 1.29 is 4.42 Å². The number of nitrogens with zero attached hydrogens (tertiary/aromatic N) is 1. The van der Waals surface area contributed by atoms with Gasteiger partial charge in [0.2, 0.25) is 0 Å². The second kappa shape index (κ2) is 5.34. The summed E-state index contributed by atoms with van der Waals surface area (Å²) in [5, 5.41) is 4.26. The molecule has 0 amide bonds. The molecule has 0 aliphatic heterocycles. The summed E-state index contributed by atoms with van der Waals surface area (Å²) in [4.78, 5) is 4.58. The Bertz CT molecular complexity index is 837. The quantitative estimate of drug-likeness (QED) is 0.675. The molecule has 22 heavy (non-hydrogen) atoms. The zero-order chi connectivity index (χ0) is 15.1. The van der Waals surface area contributed by atoms with E-state index >= 15 is 0 Å². The molecule has 0 saturated carbocycles. The molecule has 0 spiro atoms. The molecule has 0 saturated heterocycles. The minimum absolute atomic E-state index is 0.458. The summed E-state index contributed by atoms with van der Waals surface area (Å²) in [6.07, 6.45) is 1.83. The molecule has 3 aromatic rings.